The van der Waals surface area contributed by atoms with Crippen LogP contribution in [0, 0.1) is 0 Å². The van der Waals surface area contributed by atoms with Crippen molar-refractivity contribution in [2.75, 3.05) is 6.16 Å². The van der Waals surface area contributed by atoms with Crippen LogP contribution < -0.4 is 0 Å². The topological polar surface area (TPSA) is 77.8 Å². The number of phenols is 1. The molecule has 0 atom stereocenters. The van der Waals surface area contributed by atoms with Crippen molar-refractivity contribution >= 4 is 7.60 Å². The van der Waals surface area contributed by atoms with Gasteiger partial charge in [-0.05, 0) is 30.5 Å². The molecule has 0 amide bonds. The third-order valence-corrected chi connectivity index (χ3v) is 2.75. The quantitative estimate of drug-likeness (QED) is 0.666. The number of aryl methyl sites for hydroxylation is 1. The Morgan fingerprint density at radius 3 is 2.21 bits per heavy atom. The maximum atomic E-state index is 10.5. The second-order valence-corrected chi connectivity index (χ2v) is 4.93. The van der Waals surface area contributed by atoms with Crippen LogP contribution in [0.15, 0.2) is 24.3 Å². The van der Waals surface area contributed by atoms with Crippen molar-refractivity contribution in [2.24, 2.45) is 0 Å². The van der Waals surface area contributed by atoms with Crippen LogP contribution in [0.25, 0.3) is 0 Å². The fraction of sp³-hybridized carbons (Fsp3) is 0.333. The molecule has 0 spiro atoms. The van der Waals surface area contributed by atoms with E-state index in [4.69, 9.17) is 14.9 Å². The van der Waals surface area contributed by atoms with E-state index in [0.29, 0.717) is 12.8 Å². The molecule has 5 heteroatoms. The maximum absolute atomic E-state index is 10.5. The van der Waals surface area contributed by atoms with Crippen LogP contribution in [-0.4, -0.2) is 21.1 Å². The normalized spacial score (nSPS) is 11.6. The van der Waals surface area contributed by atoms with Gasteiger partial charge < -0.3 is 14.9 Å². The Labute approximate surface area is 82.4 Å². The molecule has 0 saturated carbocycles. The van der Waals surface area contributed by atoms with Gasteiger partial charge in [-0.25, -0.2) is 0 Å². The summed E-state index contributed by atoms with van der Waals surface area (Å²) in [6.07, 6.45) is 0.980. The lowest BCUT2D eigenvalue weighted by Crippen LogP contribution is -1.91. The summed E-state index contributed by atoms with van der Waals surface area (Å²) in [6, 6.07) is 6.61. The van der Waals surface area contributed by atoms with Crippen LogP contribution in [0.3, 0.4) is 0 Å². The van der Waals surface area contributed by atoms with Gasteiger partial charge in [-0.3, -0.25) is 4.57 Å². The molecule has 0 fully saturated rings. The van der Waals surface area contributed by atoms with Gasteiger partial charge in [0.25, 0.3) is 0 Å². The Hall–Kier alpha value is -0.830. The third-order valence-electron chi connectivity index (χ3n) is 1.85. The molecule has 1 aromatic rings. The van der Waals surface area contributed by atoms with Crippen LogP contribution in [-0.2, 0) is 11.0 Å². The fourth-order valence-corrected chi connectivity index (χ4v) is 1.72. The first-order chi connectivity index (χ1) is 6.47. The first-order valence-electron chi connectivity index (χ1n) is 4.30. The van der Waals surface area contributed by atoms with E-state index < -0.39 is 7.60 Å². The van der Waals surface area contributed by atoms with Gasteiger partial charge in [-0.1, -0.05) is 12.1 Å². The van der Waals surface area contributed by atoms with Crippen LogP contribution in [0.4, 0.5) is 0 Å². The number of rotatable bonds is 4. The second kappa shape index (κ2) is 4.60. The van der Waals surface area contributed by atoms with Gasteiger partial charge >= 0.3 is 7.60 Å². The lowest BCUT2D eigenvalue weighted by Gasteiger charge is -2.03. The van der Waals surface area contributed by atoms with Gasteiger partial charge in [0.15, 0.2) is 0 Å². The molecule has 0 aromatic heterocycles. The summed E-state index contributed by atoms with van der Waals surface area (Å²) in [5.74, 6) is 0.198. The molecule has 0 heterocycles. The number of benzene rings is 1. The lowest BCUT2D eigenvalue weighted by atomic mass is 10.1. The SMILES string of the molecule is O=P(O)(O)CCCc1ccc(O)cc1. The molecule has 78 valence electrons. The van der Waals surface area contributed by atoms with Gasteiger partial charge in [0, 0.05) is 0 Å². The Bertz CT molecular complexity index is 327. The summed E-state index contributed by atoms with van der Waals surface area (Å²) in [5.41, 5.74) is 0.969. The highest BCUT2D eigenvalue weighted by Gasteiger charge is 2.11. The summed E-state index contributed by atoms with van der Waals surface area (Å²) in [5, 5.41) is 8.99. The van der Waals surface area contributed by atoms with E-state index in [1.165, 1.54) is 0 Å². The van der Waals surface area contributed by atoms with Gasteiger partial charge in [-0.2, -0.15) is 0 Å². The van der Waals surface area contributed by atoms with Crippen LogP contribution in [0.2, 0.25) is 0 Å². The van der Waals surface area contributed by atoms with E-state index in [9.17, 15) is 4.57 Å². The molecule has 0 bridgehead atoms. The second-order valence-electron chi connectivity index (χ2n) is 3.16. The van der Waals surface area contributed by atoms with E-state index in [0.717, 1.165) is 5.56 Å². The average molecular weight is 216 g/mol. The zero-order valence-electron chi connectivity index (χ0n) is 7.63. The fourth-order valence-electron chi connectivity index (χ4n) is 1.15. The van der Waals surface area contributed by atoms with Crippen molar-refractivity contribution < 1.29 is 19.5 Å². The number of phenolic OH excluding ortho intramolecular Hbond substituents is 1. The smallest absolute Gasteiger partial charge is 0.325 e. The molecule has 0 saturated heterocycles. The molecule has 4 nitrogen and oxygen atoms in total. The van der Waals surface area contributed by atoms with E-state index in [-0.39, 0.29) is 11.9 Å². The van der Waals surface area contributed by atoms with Gasteiger partial charge in [0.1, 0.15) is 5.75 Å². The molecule has 3 N–H and O–H groups in total. The number of hydrogen-bond donors (Lipinski definition) is 3. The zero-order valence-corrected chi connectivity index (χ0v) is 8.52. The minimum atomic E-state index is -3.86. The van der Waals surface area contributed by atoms with Crippen LogP contribution in [0.1, 0.15) is 12.0 Å². The first-order valence-corrected chi connectivity index (χ1v) is 6.09. The van der Waals surface area contributed by atoms with Crippen molar-refractivity contribution in [2.45, 2.75) is 12.8 Å². The van der Waals surface area contributed by atoms with Crippen molar-refractivity contribution in [3.05, 3.63) is 29.8 Å². The molecule has 1 rings (SSSR count). The number of hydrogen-bond acceptors (Lipinski definition) is 2. The van der Waals surface area contributed by atoms with Gasteiger partial charge in [0.05, 0.1) is 6.16 Å². The minimum Gasteiger partial charge on any atom is -0.508 e. The Balaban J connectivity index is 2.39. The molecule has 0 radical (unpaired) electrons. The summed E-state index contributed by atoms with van der Waals surface area (Å²) in [4.78, 5) is 17.2. The molecule has 0 aliphatic carbocycles. The van der Waals surface area contributed by atoms with Gasteiger partial charge in [0.2, 0.25) is 0 Å². The lowest BCUT2D eigenvalue weighted by molar-refractivity contribution is 0.371. The molecular formula is C9H13O4P. The van der Waals surface area contributed by atoms with Crippen molar-refractivity contribution in [3.8, 4) is 5.75 Å². The zero-order chi connectivity index (χ0) is 10.6. The molecule has 0 aliphatic rings. The summed E-state index contributed by atoms with van der Waals surface area (Å²) in [6.45, 7) is 0. The van der Waals surface area contributed by atoms with Crippen molar-refractivity contribution in [3.63, 3.8) is 0 Å². The van der Waals surface area contributed by atoms with Gasteiger partial charge in [-0.15, -0.1) is 0 Å². The molecule has 14 heavy (non-hydrogen) atoms. The highest BCUT2D eigenvalue weighted by Crippen LogP contribution is 2.35. The van der Waals surface area contributed by atoms with Crippen LogP contribution >= 0.6 is 7.60 Å². The summed E-state index contributed by atoms with van der Waals surface area (Å²) < 4.78 is 10.5. The highest BCUT2D eigenvalue weighted by atomic mass is 31.2. The number of aromatic hydroxyl groups is 1. The van der Waals surface area contributed by atoms with E-state index in [1.807, 2.05) is 0 Å². The van der Waals surface area contributed by atoms with Crippen molar-refractivity contribution in [1.29, 1.82) is 0 Å². The molecular weight excluding hydrogens is 203 g/mol. The van der Waals surface area contributed by atoms with E-state index in [2.05, 4.69) is 0 Å². The Morgan fingerprint density at radius 2 is 1.71 bits per heavy atom. The maximum Gasteiger partial charge on any atom is 0.325 e. The molecule has 0 unspecified atom stereocenters. The predicted molar refractivity (Wildman–Crippen MR) is 53.3 cm³/mol. The summed E-state index contributed by atoms with van der Waals surface area (Å²) in [7, 11) is -3.86. The van der Waals surface area contributed by atoms with Crippen LogP contribution in [0.5, 0.6) is 5.75 Å². The van der Waals surface area contributed by atoms with E-state index >= 15 is 0 Å². The Kier molecular flexibility index (Phi) is 3.69. The standard InChI is InChI=1S/C9H13O4P/c10-9-5-3-8(4-6-9)2-1-7-14(11,12)13/h3-6,10H,1-2,7H2,(H2,11,12,13). The minimum absolute atomic E-state index is 0.0894. The summed E-state index contributed by atoms with van der Waals surface area (Å²) >= 11 is 0. The largest absolute Gasteiger partial charge is 0.508 e. The van der Waals surface area contributed by atoms with Crippen molar-refractivity contribution in [1.82, 2.24) is 0 Å². The first kappa shape index (κ1) is 11.2. The predicted octanol–water partition coefficient (Wildman–Crippen LogP) is 1.50. The van der Waals surface area contributed by atoms with E-state index in [1.54, 1.807) is 24.3 Å². The Morgan fingerprint density at radius 1 is 1.14 bits per heavy atom. The highest BCUT2D eigenvalue weighted by molar-refractivity contribution is 7.51. The molecule has 0 aliphatic heterocycles. The monoisotopic (exact) mass is 216 g/mol. The third kappa shape index (κ3) is 4.42. The molecule has 1 aromatic carbocycles. The average Bonchev–Trinajstić information content (AvgIpc) is 2.06.